The number of rotatable bonds is 9. The molecule has 0 bridgehead atoms. The molecule has 2 heterocycles. The number of carbonyl (C=O) groups is 1. The summed E-state index contributed by atoms with van der Waals surface area (Å²) >= 11 is 0. The second-order valence-electron chi connectivity index (χ2n) is 11.2. The third-order valence-electron chi connectivity index (χ3n) is 7.87. The quantitative estimate of drug-likeness (QED) is 0.171. The van der Waals surface area contributed by atoms with Gasteiger partial charge in [-0.15, -0.1) is 0 Å². The zero-order valence-electron chi connectivity index (χ0n) is 24.6. The van der Waals surface area contributed by atoms with Crippen LogP contribution in [0.1, 0.15) is 29.5 Å². The van der Waals surface area contributed by atoms with Gasteiger partial charge >= 0.3 is 6.03 Å². The number of urea groups is 1. The van der Waals surface area contributed by atoms with Gasteiger partial charge in [0, 0.05) is 56.3 Å². The van der Waals surface area contributed by atoms with Gasteiger partial charge in [0.2, 0.25) is 20.0 Å². The number of nitrogens with two attached hydrogens (primary N) is 2. The molecular formula is C30H37N7O6S2. The lowest BCUT2D eigenvalue weighted by atomic mass is 10.0. The number of hydrogen-bond donors (Lipinski definition) is 5. The lowest BCUT2D eigenvalue weighted by Gasteiger charge is -2.37. The van der Waals surface area contributed by atoms with Gasteiger partial charge in [-0.2, -0.15) is 0 Å². The van der Waals surface area contributed by atoms with Crippen molar-refractivity contribution in [1.82, 2.24) is 9.80 Å². The fraction of sp³-hybridized carbons (Fsp3) is 0.333. The summed E-state index contributed by atoms with van der Waals surface area (Å²) in [5, 5.41) is 24.8. The number of amidine groups is 1. The first-order chi connectivity index (χ1) is 21.3. The SMILES string of the molecule is N=C(c1cccc(NC(=O)Nc2ccc(S(N)(=O)=O)cc2Cc2ccc(S(N)(=O)=O)cc2)c1)N1CCN(CC2CCCO2)CC1. The number of nitrogens with one attached hydrogen (secondary N) is 3. The number of primary sulfonamides is 2. The molecule has 7 N–H and O–H groups in total. The third kappa shape index (κ3) is 8.65. The molecule has 0 aromatic heterocycles. The van der Waals surface area contributed by atoms with Crippen LogP contribution in [0.2, 0.25) is 0 Å². The van der Waals surface area contributed by atoms with Crippen molar-refractivity contribution in [2.45, 2.75) is 35.2 Å². The molecule has 2 saturated heterocycles. The number of ether oxygens (including phenoxy) is 1. The van der Waals surface area contributed by atoms with Gasteiger partial charge in [0.25, 0.3) is 0 Å². The van der Waals surface area contributed by atoms with Crippen molar-refractivity contribution >= 4 is 43.3 Å². The minimum atomic E-state index is -4.03. The van der Waals surface area contributed by atoms with Crippen LogP contribution in [-0.4, -0.2) is 83.9 Å². The molecule has 2 fully saturated rings. The predicted molar refractivity (Wildman–Crippen MR) is 171 cm³/mol. The maximum absolute atomic E-state index is 13.1. The monoisotopic (exact) mass is 655 g/mol. The van der Waals surface area contributed by atoms with Crippen LogP contribution in [0.3, 0.4) is 0 Å². The highest BCUT2D eigenvalue weighted by Gasteiger charge is 2.24. The molecule has 240 valence electrons. The minimum absolute atomic E-state index is 0.0609. The van der Waals surface area contributed by atoms with E-state index < -0.39 is 26.1 Å². The maximum Gasteiger partial charge on any atom is 0.323 e. The summed E-state index contributed by atoms with van der Waals surface area (Å²) in [6.45, 7) is 4.92. The van der Waals surface area contributed by atoms with Gasteiger partial charge in [0.1, 0.15) is 5.84 Å². The third-order valence-corrected chi connectivity index (χ3v) is 9.71. The number of hydrogen-bond acceptors (Lipinski definition) is 8. The number of anilines is 2. The molecule has 45 heavy (non-hydrogen) atoms. The average Bonchev–Trinajstić information content (AvgIpc) is 3.50. The Bertz CT molecular complexity index is 1770. The Labute approximate surface area is 263 Å². The van der Waals surface area contributed by atoms with Crippen molar-refractivity contribution in [2.75, 3.05) is 50.0 Å². The highest BCUT2D eigenvalue weighted by molar-refractivity contribution is 7.89. The van der Waals surface area contributed by atoms with Crippen molar-refractivity contribution in [2.24, 2.45) is 10.3 Å². The van der Waals surface area contributed by atoms with Crippen LogP contribution in [0.25, 0.3) is 0 Å². The Balaban J connectivity index is 1.24. The Morgan fingerprint density at radius 2 is 1.58 bits per heavy atom. The van der Waals surface area contributed by atoms with E-state index in [1.165, 1.54) is 30.3 Å². The van der Waals surface area contributed by atoms with Crippen molar-refractivity contribution in [3.63, 3.8) is 0 Å². The van der Waals surface area contributed by atoms with E-state index in [4.69, 9.17) is 20.4 Å². The molecule has 0 radical (unpaired) electrons. The first-order valence-electron chi connectivity index (χ1n) is 14.5. The number of sulfonamides is 2. The molecule has 1 unspecified atom stereocenters. The van der Waals surface area contributed by atoms with Crippen molar-refractivity contribution < 1.29 is 26.4 Å². The molecule has 0 aliphatic carbocycles. The Kier molecular flexibility index (Phi) is 9.86. The van der Waals surface area contributed by atoms with Crippen LogP contribution >= 0.6 is 0 Å². The molecule has 1 atom stereocenters. The fourth-order valence-electron chi connectivity index (χ4n) is 5.47. The fourth-order valence-corrected chi connectivity index (χ4v) is 6.55. The van der Waals surface area contributed by atoms with E-state index in [-0.39, 0.29) is 16.2 Å². The van der Waals surface area contributed by atoms with Gasteiger partial charge in [0.05, 0.1) is 15.9 Å². The van der Waals surface area contributed by atoms with Crippen LogP contribution < -0.4 is 20.9 Å². The van der Waals surface area contributed by atoms with Gasteiger partial charge in [-0.05, 0) is 72.9 Å². The minimum Gasteiger partial charge on any atom is -0.377 e. The zero-order valence-corrected chi connectivity index (χ0v) is 26.2. The molecule has 2 aliphatic heterocycles. The van der Waals surface area contributed by atoms with Crippen LogP contribution in [-0.2, 0) is 31.2 Å². The second-order valence-corrected chi connectivity index (χ2v) is 14.3. The summed E-state index contributed by atoms with van der Waals surface area (Å²) in [6.07, 6.45) is 2.68. The lowest BCUT2D eigenvalue weighted by Crippen LogP contribution is -2.50. The molecule has 2 aliphatic rings. The van der Waals surface area contributed by atoms with Crippen LogP contribution in [0.4, 0.5) is 16.2 Å². The van der Waals surface area contributed by atoms with Crippen LogP contribution in [0.15, 0.2) is 76.5 Å². The summed E-state index contributed by atoms with van der Waals surface area (Å²) in [6, 6.07) is 16.4. The summed E-state index contributed by atoms with van der Waals surface area (Å²) in [5.41, 5.74) is 2.57. The van der Waals surface area contributed by atoms with Crippen LogP contribution in [0.5, 0.6) is 0 Å². The first kappa shape index (κ1) is 32.5. The summed E-state index contributed by atoms with van der Waals surface area (Å²) in [7, 11) is -7.90. The molecule has 15 heteroatoms. The number of piperazine rings is 1. The van der Waals surface area contributed by atoms with Gasteiger partial charge in [-0.3, -0.25) is 10.3 Å². The number of benzene rings is 3. The predicted octanol–water partition coefficient (Wildman–Crippen LogP) is 2.34. The molecule has 2 amide bonds. The van der Waals surface area contributed by atoms with Crippen molar-refractivity contribution in [1.29, 1.82) is 5.41 Å². The molecule has 13 nitrogen and oxygen atoms in total. The summed E-state index contributed by atoms with van der Waals surface area (Å²) in [4.78, 5) is 17.3. The zero-order chi connectivity index (χ0) is 32.2. The molecule has 3 aromatic carbocycles. The number of carbonyl (C=O) groups excluding carboxylic acids is 1. The molecule has 0 spiro atoms. The van der Waals surface area contributed by atoms with E-state index in [0.29, 0.717) is 40.0 Å². The van der Waals surface area contributed by atoms with Gasteiger partial charge < -0.3 is 20.3 Å². The van der Waals surface area contributed by atoms with E-state index in [1.54, 1.807) is 30.3 Å². The summed E-state index contributed by atoms with van der Waals surface area (Å²) < 4.78 is 53.0. The van der Waals surface area contributed by atoms with Crippen molar-refractivity contribution in [3.05, 3.63) is 83.4 Å². The largest absolute Gasteiger partial charge is 0.377 e. The number of amides is 2. The topological polar surface area (TPSA) is 201 Å². The van der Waals surface area contributed by atoms with E-state index in [0.717, 1.165) is 52.2 Å². The Morgan fingerprint density at radius 1 is 0.889 bits per heavy atom. The highest BCUT2D eigenvalue weighted by Crippen LogP contribution is 2.25. The first-order valence-corrected chi connectivity index (χ1v) is 17.6. The van der Waals surface area contributed by atoms with Gasteiger partial charge in [-0.25, -0.2) is 31.9 Å². The smallest absolute Gasteiger partial charge is 0.323 e. The molecule has 5 rings (SSSR count). The second kappa shape index (κ2) is 13.6. The normalized spacial score (nSPS) is 17.6. The average molecular weight is 656 g/mol. The van der Waals surface area contributed by atoms with E-state index in [1.807, 2.05) is 11.0 Å². The van der Waals surface area contributed by atoms with Gasteiger partial charge in [-0.1, -0.05) is 24.3 Å². The van der Waals surface area contributed by atoms with E-state index >= 15 is 0 Å². The Morgan fingerprint density at radius 3 is 2.22 bits per heavy atom. The van der Waals surface area contributed by atoms with Crippen molar-refractivity contribution in [3.8, 4) is 0 Å². The van der Waals surface area contributed by atoms with Gasteiger partial charge in [0.15, 0.2) is 0 Å². The highest BCUT2D eigenvalue weighted by atomic mass is 32.2. The Hall–Kier alpha value is -3.86. The number of nitrogens with zero attached hydrogens (tertiary/aromatic N) is 2. The lowest BCUT2D eigenvalue weighted by molar-refractivity contribution is 0.0603. The van der Waals surface area contributed by atoms with E-state index in [9.17, 15) is 21.6 Å². The summed E-state index contributed by atoms with van der Waals surface area (Å²) in [5.74, 6) is 0.380. The molecular weight excluding hydrogens is 619 g/mol. The van der Waals surface area contributed by atoms with Crippen LogP contribution in [0, 0.1) is 5.41 Å². The van der Waals surface area contributed by atoms with E-state index in [2.05, 4.69) is 15.5 Å². The standard InChI is InChI=1S/C30H37N7O6S2/c31-29(37-14-12-36(13-15-37)20-25-5-2-16-43-25)22-3-1-4-24(18-22)34-30(38)35-28-11-10-27(45(33,41)42)19-23(28)17-21-6-8-26(9-7-21)44(32,39)40/h1,3-4,6-11,18-19,25,31H,2,5,12-17,20H2,(H2,32,39,40)(H2,33,41,42)(H2,34,35,38). The molecule has 3 aromatic rings. The maximum atomic E-state index is 13.1. The molecule has 0 saturated carbocycles.